The molecule has 0 radical (unpaired) electrons. The highest BCUT2D eigenvalue weighted by molar-refractivity contribution is 5.97. The molecule has 26 heavy (non-hydrogen) atoms. The number of H-pyrrole nitrogens is 1. The summed E-state index contributed by atoms with van der Waals surface area (Å²) in [6, 6.07) is 5.34. The SMILES string of the molecule is CC(C)(C)OC(=O)NCC1CCN(C(=O)c2ccc3n[nH]nc3c2)CC1. The summed E-state index contributed by atoms with van der Waals surface area (Å²) in [6.07, 6.45) is 1.32. The van der Waals surface area contributed by atoms with Crippen LogP contribution in [0.2, 0.25) is 0 Å². The molecule has 1 fully saturated rings. The maximum Gasteiger partial charge on any atom is 0.407 e. The largest absolute Gasteiger partial charge is 0.444 e. The van der Waals surface area contributed by atoms with E-state index in [0.717, 1.165) is 18.4 Å². The Balaban J connectivity index is 1.48. The molecule has 1 aromatic heterocycles. The van der Waals surface area contributed by atoms with Gasteiger partial charge in [-0.3, -0.25) is 4.79 Å². The van der Waals surface area contributed by atoms with Crippen molar-refractivity contribution in [2.45, 2.75) is 39.2 Å². The summed E-state index contributed by atoms with van der Waals surface area (Å²) < 4.78 is 5.25. The van der Waals surface area contributed by atoms with Crippen molar-refractivity contribution in [3.05, 3.63) is 23.8 Å². The van der Waals surface area contributed by atoms with Crippen molar-refractivity contribution in [1.82, 2.24) is 25.6 Å². The minimum absolute atomic E-state index is 0.00783. The number of aromatic amines is 1. The van der Waals surface area contributed by atoms with Gasteiger partial charge in [0.15, 0.2) is 0 Å². The van der Waals surface area contributed by atoms with E-state index in [-0.39, 0.29) is 5.91 Å². The smallest absolute Gasteiger partial charge is 0.407 e. The van der Waals surface area contributed by atoms with E-state index in [1.807, 2.05) is 25.7 Å². The van der Waals surface area contributed by atoms with Gasteiger partial charge >= 0.3 is 6.09 Å². The lowest BCUT2D eigenvalue weighted by molar-refractivity contribution is 0.0500. The predicted octanol–water partition coefficient (Wildman–Crippen LogP) is 2.33. The Morgan fingerprint density at radius 1 is 1.23 bits per heavy atom. The number of nitrogens with one attached hydrogen (secondary N) is 2. The molecule has 1 aliphatic heterocycles. The topological polar surface area (TPSA) is 100 Å². The van der Waals surface area contributed by atoms with Crippen LogP contribution in [0.5, 0.6) is 0 Å². The Bertz CT molecular complexity index is 787. The van der Waals surface area contributed by atoms with E-state index in [2.05, 4.69) is 20.7 Å². The molecule has 2 aromatic rings. The number of alkyl carbamates (subject to hydrolysis) is 1. The number of ether oxygens (including phenoxy) is 1. The predicted molar refractivity (Wildman–Crippen MR) is 96.8 cm³/mol. The second kappa shape index (κ2) is 7.31. The second-order valence-corrected chi connectivity index (χ2v) is 7.65. The molecule has 8 heteroatoms. The lowest BCUT2D eigenvalue weighted by Gasteiger charge is -2.32. The third-order valence-electron chi connectivity index (χ3n) is 4.40. The number of piperidine rings is 1. The van der Waals surface area contributed by atoms with Crippen molar-refractivity contribution in [3.8, 4) is 0 Å². The van der Waals surface area contributed by atoms with Gasteiger partial charge in [0.2, 0.25) is 0 Å². The fourth-order valence-corrected chi connectivity index (χ4v) is 3.04. The Kier molecular flexibility index (Phi) is 5.11. The van der Waals surface area contributed by atoms with Gasteiger partial charge < -0.3 is 15.0 Å². The number of carbonyl (C=O) groups excluding carboxylic acids is 2. The molecule has 0 unspecified atom stereocenters. The van der Waals surface area contributed by atoms with Crippen LogP contribution in [-0.2, 0) is 4.74 Å². The zero-order valence-corrected chi connectivity index (χ0v) is 15.4. The van der Waals surface area contributed by atoms with Gasteiger partial charge in [-0.05, 0) is 57.7 Å². The van der Waals surface area contributed by atoms with E-state index >= 15 is 0 Å². The molecule has 0 saturated carbocycles. The van der Waals surface area contributed by atoms with E-state index in [4.69, 9.17) is 4.74 Å². The summed E-state index contributed by atoms with van der Waals surface area (Å²) in [5, 5.41) is 13.4. The standard InChI is InChI=1S/C18H25N5O3/c1-18(2,3)26-17(25)19-11-12-6-8-23(9-7-12)16(24)13-4-5-14-15(10-13)21-22-20-14/h4-5,10,12H,6-9,11H2,1-3H3,(H,19,25)(H,20,21,22). The van der Waals surface area contributed by atoms with Crippen molar-refractivity contribution in [2.24, 2.45) is 5.92 Å². The summed E-state index contributed by atoms with van der Waals surface area (Å²) in [4.78, 5) is 26.3. The highest BCUT2D eigenvalue weighted by Crippen LogP contribution is 2.20. The maximum absolute atomic E-state index is 12.7. The summed E-state index contributed by atoms with van der Waals surface area (Å²) >= 11 is 0. The summed E-state index contributed by atoms with van der Waals surface area (Å²) in [6.45, 7) is 7.45. The minimum atomic E-state index is -0.495. The highest BCUT2D eigenvalue weighted by Gasteiger charge is 2.25. The number of fused-ring (bicyclic) bond motifs is 1. The number of hydrogen-bond donors (Lipinski definition) is 2. The molecule has 0 spiro atoms. The Morgan fingerprint density at radius 2 is 1.92 bits per heavy atom. The van der Waals surface area contributed by atoms with Gasteiger partial charge in [-0.25, -0.2) is 4.79 Å². The van der Waals surface area contributed by atoms with Crippen LogP contribution in [0, 0.1) is 5.92 Å². The fourth-order valence-electron chi connectivity index (χ4n) is 3.04. The van der Waals surface area contributed by atoms with Gasteiger partial charge in [-0.1, -0.05) is 0 Å². The maximum atomic E-state index is 12.7. The number of rotatable bonds is 3. The number of aromatic nitrogens is 3. The van der Waals surface area contributed by atoms with Gasteiger partial charge in [0.05, 0.1) is 0 Å². The summed E-state index contributed by atoms with van der Waals surface area (Å²) in [5.74, 6) is 0.359. The first kappa shape index (κ1) is 18.2. The average molecular weight is 359 g/mol. The number of benzene rings is 1. The molecular weight excluding hydrogens is 334 g/mol. The van der Waals surface area contributed by atoms with E-state index in [9.17, 15) is 9.59 Å². The molecule has 3 rings (SSSR count). The fraction of sp³-hybridized carbons (Fsp3) is 0.556. The Hall–Kier alpha value is -2.64. The number of hydrogen-bond acceptors (Lipinski definition) is 5. The van der Waals surface area contributed by atoms with Crippen LogP contribution in [0.3, 0.4) is 0 Å². The first-order valence-corrected chi connectivity index (χ1v) is 8.88. The van der Waals surface area contributed by atoms with Crippen LogP contribution in [0.1, 0.15) is 44.0 Å². The van der Waals surface area contributed by atoms with E-state index in [1.165, 1.54) is 0 Å². The molecule has 1 aliphatic rings. The van der Waals surface area contributed by atoms with Gasteiger partial charge in [-0.2, -0.15) is 15.4 Å². The average Bonchev–Trinajstić information content (AvgIpc) is 3.06. The quantitative estimate of drug-likeness (QED) is 0.876. The lowest BCUT2D eigenvalue weighted by atomic mass is 9.96. The zero-order chi connectivity index (χ0) is 18.7. The first-order chi connectivity index (χ1) is 12.3. The van der Waals surface area contributed by atoms with Crippen LogP contribution in [-0.4, -0.2) is 57.5 Å². The van der Waals surface area contributed by atoms with Crippen LogP contribution in [0.4, 0.5) is 4.79 Å². The number of carbonyl (C=O) groups is 2. The van der Waals surface area contributed by atoms with Crippen LogP contribution < -0.4 is 5.32 Å². The third kappa shape index (κ3) is 4.50. The molecule has 1 aromatic carbocycles. The Labute approximate surface area is 152 Å². The van der Waals surface area contributed by atoms with Gasteiger partial charge in [0.25, 0.3) is 5.91 Å². The molecule has 0 atom stereocenters. The van der Waals surface area contributed by atoms with Crippen molar-refractivity contribution < 1.29 is 14.3 Å². The molecule has 0 bridgehead atoms. The molecule has 1 saturated heterocycles. The molecule has 2 N–H and O–H groups in total. The zero-order valence-electron chi connectivity index (χ0n) is 15.4. The van der Waals surface area contributed by atoms with E-state index in [1.54, 1.807) is 18.2 Å². The van der Waals surface area contributed by atoms with Gasteiger partial charge in [0.1, 0.15) is 16.6 Å². The van der Waals surface area contributed by atoms with E-state index < -0.39 is 11.7 Å². The van der Waals surface area contributed by atoms with Crippen molar-refractivity contribution in [1.29, 1.82) is 0 Å². The molecule has 2 heterocycles. The van der Waals surface area contributed by atoms with Gasteiger partial charge in [0, 0.05) is 25.2 Å². The summed E-state index contributed by atoms with van der Waals surface area (Å²) in [5.41, 5.74) is 1.56. The van der Waals surface area contributed by atoms with Crippen molar-refractivity contribution >= 4 is 23.0 Å². The normalized spacial score (nSPS) is 15.9. The molecule has 2 amide bonds. The Morgan fingerprint density at radius 3 is 2.62 bits per heavy atom. The third-order valence-corrected chi connectivity index (χ3v) is 4.40. The lowest BCUT2D eigenvalue weighted by Crippen LogP contribution is -2.42. The molecule has 8 nitrogen and oxygen atoms in total. The van der Waals surface area contributed by atoms with Crippen LogP contribution in [0.25, 0.3) is 11.0 Å². The molecule has 0 aliphatic carbocycles. The molecular formula is C18H25N5O3. The van der Waals surface area contributed by atoms with Crippen LogP contribution >= 0.6 is 0 Å². The second-order valence-electron chi connectivity index (χ2n) is 7.65. The number of nitrogens with zero attached hydrogens (tertiary/aromatic N) is 3. The van der Waals surface area contributed by atoms with Gasteiger partial charge in [-0.15, -0.1) is 0 Å². The number of likely N-dealkylation sites (tertiary alicyclic amines) is 1. The van der Waals surface area contributed by atoms with Crippen molar-refractivity contribution in [3.63, 3.8) is 0 Å². The molecule has 140 valence electrons. The van der Waals surface area contributed by atoms with E-state index in [0.29, 0.717) is 36.6 Å². The highest BCUT2D eigenvalue weighted by atomic mass is 16.6. The van der Waals surface area contributed by atoms with Crippen LogP contribution in [0.15, 0.2) is 18.2 Å². The summed E-state index contributed by atoms with van der Waals surface area (Å²) in [7, 11) is 0. The first-order valence-electron chi connectivity index (χ1n) is 8.88. The number of amides is 2. The minimum Gasteiger partial charge on any atom is -0.444 e. The monoisotopic (exact) mass is 359 g/mol. The van der Waals surface area contributed by atoms with Crippen molar-refractivity contribution in [2.75, 3.05) is 19.6 Å².